The van der Waals surface area contributed by atoms with E-state index in [9.17, 15) is 9.50 Å². The van der Waals surface area contributed by atoms with Gasteiger partial charge in [0.2, 0.25) is 5.16 Å². The summed E-state index contributed by atoms with van der Waals surface area (Å²) in [6.07, 6.45) is 0.185. The molecule has 0 amide bonds. The van der Waals surface area contributed by atoms with Gasteiger partial charge in [-0.25, -0.2) is 9.07 Å². The fourth-order valence-electron chi connectivity index (χ4n) is 2.05. The molecular formula is C16H17FN4O2S2. The largest absolute Gasteiger partial charge is 0.491 e. The molecule has 9 heteroatoms. The Kier molecular flexibility index (Phi) is 6.37. The number of tetrazole rings is 1. The van der Waals surface area contributed by atoms with Gasteiger partial charge in [-0.1, -0.05) is 17.8 Å². The number of rotatable bonds is 9. The van der Waals surface area contributed by atoms with E-state index < -0.39 is 6.10 Å². The van der Waals surface area contributed by atoms with Crippen LogP contribution in [0.2, 0.25) is 0 Å². The zero-order valence-corrected chi connectivity index (χ0v) is 14.9. The van der Waals surface area contributed by atoms with Crippen molar-refractivity contribution >= 4 is 23.1 Å². The number of aliphatic hydroxyl groups is 1. The second-order valence-electron chi connectivity index (χ2n) is 5.24. The lowest BCUT2D eigenvalue weighted by molar-refractivity contribution is 0.126. The molecule has 0 saturated heterocycles. The Morgan fingerprint density at radius 1 is 1.28 bits per heavy atom. The third kappa shape index (κ3) is 5.52. The summed E-state index contributed by atoms with van der Waals surface area (Å²) in [6.45, 7) is 0.813. The average molecular weight is 380 g/mol. The minimum Gasteiger partial charge on any atom is -0.491 e. The first kappa shape index (κ1) is 17.8. The number of benzene rings is 1. The molecule has 0 bridgehead atoms. The Balaban J connectivity index is 1.43. The molecule has 1 N–H and O–H groups in total. The van der Waals surface area contributed by atoms with Crippen LogP contribution >= 0.6 is 23.1 Å². The van der Waals surface area contributed by atoms with E-state index in [-0.39, 0.29) is 12.4 Å². The normalized spacial score (nSPS) is 12.2. The molecule has 0 aliphatic rings. The highest BCUT2D eigenvalue weighted by atomic mass is 32.2. The second-order valence-corrected chi connectivity index (χ2v) is 7.26. The van der Waals surface area contributed by atoms with Gasteiger partial charge in [0.05, 0.1) is 12.6 Å². The first-order valence-electron chi connectivity index (χ1n) is 7.68. The predicted octanol–water partition coefficient (Wildman–Crippen LogP) is 2.65. The summed E-state index contributed by atoms with van der Waals surface area (Å²) in [6, 6.07) is 9.79. The molecule has 2 aromatic heterocycles. The van der Waals surface area contributed by atoms with E-state index in [0.29, 0.717) is 23.2 Å². The second kappa shape index (κ2) is 8.93. The van der Waals surface area contributed by atoms with Gasteiger partial charge in [0.15, 0.2) is 0 Å². The number of ether oxygens (including phenoxy) is 1. The molecule has 6 nitrogen and oxygen atoms in total. The fourth-order valence-corrected chi connectivity index (χ4v) is 3.56. The molecule has 3 aromatic rings. The number of aromatic nitrogens is 4. The van der Waals surface area contributed by atoms with Crippen molar-refractivity contribution in [2.24, 2.45) is 0 Å². The summed E-state index contributed by atoms with van der Waals surface area (Å²) in [5.74, 6) is 0.602. The molecule has 0 saturated carbocycles. The smallest absolute Gasteiger partial charge is 0.209 e. The summed E-state index contributed by atoms with van der Waals surface area (Å²) < 4.78 is 20.0. The number of hydrogen-bond acceptors (Lipinski definition) is 7. The van der Waals surface area contributed by atoms with E-state index in [2.05, 4.69) is 21.6 Å². The molecule has 1 aromatic carbocycles. The molecule has 1 unspecified atom stereocenters. The van der Waals surface area contributed by atoms with E-state index in [0.717, 1.165) is 6.42 Å². The number of hydrogen-bond donors (Lipinski definition) is 1. The predicted molar refractivity (Wildman–Crippen MR) is 94.5 cm³/mol. The SMILES string of the molecule is OC(COc1ccc(F)cc1)CSc1nnnn1CCc1cccs1. The Hall–Kier alpha value is -1.97. The van der Waals surface area contributed by atoms with Gasteiger partial charge in [0, 0.05) is 17.1 Å². The highest BCUT2D eigenvalue weighted by molar-refractivity contribution is 7.99. The van der Waals surface area contributed by atoms with Crippen molar-refractivity contribution in [2.45, 2.75) is 24.2 Å². The average Bonchev–Trinajstić information content (AvgIpc) is 3.29. The molecule has 25 heavy (non-hydrogen) atoms. The van der Waals surface area contributed by atoms with Crippen LogP contribution in [0.4, 0.5) is 4.39 Å². The maximum Gasteiger partial charge on any atom is 0.209 e. The van der Waals surface area contributed by atoms with Crippen LogP contribution in [0.5, 0.6) is 5.75 Å². The summed E-state index contributed by atoms with van der Waals surface area (Å²) in [5, 5.41) is 24.4. The van der Waals surface area contributed by atoms with Crippen LogP contribution in [-0.2, 0) is 13.0 Å². The summed E-state index contributed by atoms with van der Waals surface area (Å²) in [4.78, 5) is 1.28. The maximum absolute atomic E-state index is 12.8. The molecule has 0 fully saturated rings. The zero-order valence-electron chi connectivity index (χ0n) is 13.3. The van der Waals surface area contributed by atoms with Gasteiger partial charge in [-0.15, -0.1) is 16.4 Å². The van der Waals surface area contributed by atoms with Gasteiger partial charge in [0.1, 0.15) is 18.2 Å². The van der Waals surface area contributed by atoms with Gasteiger partial charge in [-0.2, -0.15) is 0 Å². The van der Waals surface area contributed by atoms with Gasteiger partial charge >= 0.3 is 0 Å². The first-order valence-corrected chi connectivity index (χ1v) is 9.55. The molecule has 0 aliphatic carbocycles. The quantitative estimate of drug-likeness (QED) is 0.576. The van der Waals surface area contributed by atoms with Crippen molar-refractivity contribution in [3.05, 3.63) is 52.5 Å². The van der Waals surface area contributed by atoms with Gasteiger partial charge in [-0.05, 0) is 46.1 Å². The number of aryl methyl sites for hydroxylation is 2. The van der Waals surface area contributed by atoms with Gasteiger partial charge < -0.3 is 9.84 Å². The summed E-state index contributed by atoms with van der Waals surface area (Å²) in [5.41, 5.74) is 0. The minimum atomic E-state index is -0.683. The van der Waals surface area contributed by atoms with Gasteiger partial charge in [0.25, 0.3) is 0 Å². The Morgan fingerprint density at radius 3 is 2.88 bits per heavy atom. The van der Waals surface area contributed by atoms with Crippen LogP contribution in [0, 0.1) is 5.82 Å². The lowest BCUT2D eigenvalue weighted by atomic mass is 10.3. The molecule has 2 heterocycles. The van der Waals surface area contributed by atoms with Gasteiger partial charge in [-0.3, -0.25) is 0 Å². The molecule has 0 aliphatic heterocycles. The summed E-state index contributed by atoms with van der Waals surface area (Å²) >= 11 is 3.08. The first-order chi connectivity index (χ1) is 12.2. The third-order valence-corrected chi connectivity index (χ3v) is 5.35. The molecule has 132 valence electrons. The summed E-state index contributed by atoms with van der Waals surface area (Å²) in [7, 11) is 0. The number of aliphatic hydroxyl groups excluding tert-OH is 1. The standard InChI is InChI=1S/C16H17FN4O2S2/c17-12-3-5-14(6-4-12)23-10-13(22)11-25-16-18-19-20-21(16)8-7-15-2-1-9-24-15/h1-6,9,13,22H,7-8,10-11H2. The number of halogens is 1. The topological polar surface area (TPSA) is 73.1 Å². The molecule has 1 atom stereocenters. The zero-order chi connectivity index (χ0) is 17.5. The van der Waals surface area contributed by atoms with Crippen LogP contribution in [0.25, 0.3) is 0 Å². The van der Waals surface area contributed by atoms with Crippen LogP contribution in [0.15, 0.2) is 46.9 Å². The Bertz CT molecular complexity index is 765. The number of thioether (sulfide) groups is 1. The van der Waals surface area contributed by atoms with E-state index in [1.807, 2.05) is 11.4 Å². The van der Waals surface area contributed by atoms with Crippen LogP contribution in [0.1, 0.15) is 4.88 Å². The Morgan fingerprint density at radius 2 is 2.12 bits per heavy atom. The monoisotopic (exact) mass is 380 g/mol. The lowest BCUT2D eigenvalue weighted by Gasteiger charge is -2.11. The van der Waals surface area contributed by atoms with E-state index in [1.165, 1.54) is 40.9 Å². The van der Waals surface area contributed by atoms with Crippen molar-refractivity contribution in [2.75, 3.05) is 12.4 Å². The highest BCUT2D eigenvalue weighted by Gasteiger charge is 2.12. The third-order valence-electron chi connectivity index (χ3n) is 3.31. The molecule has 0 radical (unpaired) electrons. The van der Waals surface area contributed by atoms with Crippen molar-refractivity contribution in [1.29, 1.82) is 0 Å². The van der Waals surface area contributed by atoms with E-state index >= 15 is 0 Å². The van der Waals surface area contributed by atoms with E-state index in [4.69, 9.17) is 4.74 Å². The Labute approximate surface area is 152 Å². The number of nitrogens with zero attached hydrogens (tertiary/aromatic N) is 4. The van der Waals surface area contributed by atoms with E-state index in [1.54, 1.807) is 16.0 Å². The molecule has 3 rings (SSSR count). The van der Waals surface area contributed by atoms with Crippen molar-refractivity contribution in [3.63, 3.8) is 0 Å². The number of thiophene rings is 1. The van der Waals surface area contributed by atoms with Crippen molar-refractivity contribution in [1.82, 2.24) is 20.2 Å². The van der Waals surface area contributed by atoms with Crippen LogP contribution < -0.4 is 4.74 Å². The maximum atomic E-state index is 12.8. The lowest BCUT2D eigenvalue weighted by Crippen LogP contribution is -2.20. The minimum absolute atomic E-state index is 0.120. The fraction of sp³-hybridized carbons (Fsp3) is 0.312. The van der Waals surface area contributed by atoms with Crippen molar-refractivity contribution < 1.29 is 14.2 Å². The van der Waals surface area contributed by atoms with Crippen molar-refractivity contribution in [3.8, 4) is 5.75 Å². The highest BCUT2D eigenvalue weighted by Crippen LogP contribution is 2.17. The van der Waals surface area contributed by atoms with Crippen LogP contribution in [-0.4, -0.2) is 43.8 Å². The van der Waals surface area contributed by atoms with Crippen LogP contribution in [0.3, 0.4) is 0 Å². The molecular weight excluding hydrogens is 363 g/mol. The molecule has 0 spiro atoms.